The maximum absolute atomic E-state index is 10.0. The molecule has 1 N–H and O–H groups in total. The number of rotatable bonds is 4. The Balaban J connectivity index is 3.60. The molecule has 2 heteroatoms. The first-order valence-electron chi connectivity index (χ1n) is 4.32. The minimum atomic E-state index is -0.941. The van der Waals surface area contributed by atoms with Gasteiger partial charge in [0.2, 0.25) is 0 Å². The average molecular weight is 178 g/mol. The second-order valence-electron chi connectivity index (χ2n) is 2.48. The minimum absolute atomic E-state index is 0.906. The van der Waals surface area contributed by atoms with Crippen molar-refractivity contribution in [2.75, 3.05) is 0 Å². The van der Waals surface area contributed by atoms with E-state index in [1.807, 2.05) is 0 Å². The number of allylic oxidation sites excluding steroid dienone is 3. The molecule has 13 heavy (non-hydrogen) atoms. The zero-order valence-corrected chi connectivity index (χ0v) is 7.79. The van der Waals surface area contributed by atoms with Crippen LogP contribution in [0.1, 0.15) is 26.2 Å². The van der Waals surface area contributed by atoms with Crippen LogP contribution in [0.5, 0.6) is 0 Å². The van der Waals surface area contributed by atoms with Crippen LogP contribution in [0.4, 0.5) is 0 Å². The molecule has 0 spiro atoms. The van der Waals surface area contributed by atoms with Gasteiger partial charge in [0.1, 0.15) is 0 Å². The van der Waals surface area contributed by atoms with Gasteiger partial charge >= 0.3 is 5.97 Å². The molecule has 0 atom stereocenters. The van der Waals surface area contributed by atoms with E-state index in [2.05, 4.69) is 18.8 Å². The third-order valence-electron chi connectivity index (χ3n) is 1.29. The monoisotopic (exact) mass is 178 g/mol. The van der Waals surface area contributed by atoms with Gasteiger partial charge < -0.3 is 5.11 Å². The third kappa shape index (κ3) is 10.5. The summed E-state index contributed by atoms with van der Waals surface area (Å²) in [5.74, 6) is 4.83. The third-order valence-corrected chi connectivity index (χ3v) is 1.29. The Morgan fingerprint density at radius 1 is 1.46 bits per heavy atom. The summed E-state index contributed by atoms with van der Waals surface area (Å²) < 4.78 is 0. The lowest BCUT2D eigenvalue weighted by atomic mass is 10.2. The van der Waals surface area contributed by atoms with Crippen molar-refractivity contribution in [3.63, 3.8) is 0 Å². The van der Waals surface area contributed by atoms with E-state index in [0.29, 0.717) is 0 Å². The second kappa shape index (κ2) is 8.61. The summed E-state index contributed by atoms with van der Waals surface area (Å²) >= 11 is 0. The average Bonchev–Trinajstić information content (AvgIpc) is 2.09. The molecule has 0 aliphatic rings. The van der Waals surface area contributed by atoms with Crippen molar-refractivity contribution < 1.29 is 9.90 Å². The first-order chi connectivity index (χ1) is 6.27. The summed E-state index contributed by atoms with van der Waals surface area (Å²) in [7, 11) is 0. The van der Waals surface area contributed by atoms with Gasteiger partial charge in [0.05, 0.1) is 0 Å². The number of carboxylic acid groups (broad SMARTS) is 1. The van der Waals surface area contributed by atoms with Crippen LogP contribution in [0.15, 0.2) is 24.3 Å². The van der Waals surface area contributed by atoms with E-state index in [9.17, 15) is 4.79 Å². The van der Waals surface area contributed by atoms with Gasteiger partial charge in [-0.15, -0.1) is 0 Å². The van der Waals surface area contributed by atoms with Crippen molar-refractivity contribution in [2.24, 2.45) is 0 Å². The predicted octanol–water partition coefficient (Wildman–Crippen LogP) is 2.38. The smallest absolute Gasteiger partial charge is 0.328 e. The Kier molecular flexibility index (Phi) is 7.62. The van der Waals surface area contributed by atoms with Crippen LogP contribution < -0.4 is 0 Å². The molecule has 0 aliphatic heterocycles. The zero-order chi connectivity index (χ0) is 9.94. The number of carbonyl (C=O) groups is 1. The van der Waals surface area contributed by atoms with Gasteiger partial charge in [-0.2, -0.15) is 0 Å². The van der Waals surface area contributed by atoms with Gasteiger partial charge in [-0.1, -0.05) is 37.3 Å². The van der Waals surface area contributed by atoms with Gasteiger partial charge in [-0.3, -0.25) is 0 Å². The van der Waals surface area contributed by atoms with Gasteiger partial charge in [0.15, 0.2) is 0 Å². The normalized spacial score (nSPS) is 10.2. The molecule has 0 aliphatic carbocycles. The molecule has 0 amide bonds. The molecule has 0 bridgehead atoms. The first-order valence-corrected chi connectivity index (χ1v) is 4.32. The molecule has 0 aromatic rings. The van der Waals surface area contributed by atoms with Gasteiger partial charge in [-0.05, 0) is 12.5 Å². The van der Waals surface area contributed by atoms with Crippen molar-refractivity contribution in [3.8, 4) is 11.8 Å². The molecule has 0 saturated carbocycles. The lowest BCUT2D eigenvalue weighted by Gasteiger charge is -1.81. The number of aliphatic carboxylic acids is 1. The molecule has 70 valence electrons. The maximum atomic E-state index is 10.0. The second-order valence-corrected chi connectivity index (χ2v) is 2.48. The van der Waals surface area contributed by atoms with Crippen LogP contribution in [0, 0.1) is 11.8 Å². The molecule has 0 aromatic heterocycles. The van der Waals surface area contributed by atoms with Crippen molar-refractivity contribution in [1.29, 1.82) is 0 Å². The van der Waals surface area contributed by atoms with Crippen LogP contribution in [-0.2, 0) is 4.79 Å². The summed E-state index contributed by atoms with van der Waals surface area (Å²) in [6.45, 7) is 2.12. The fraction of sp³-hybridized carbons (Fsp3) is 0.364. The van der Waals surface area contributed by atoms with E-state index >= 15 is 0 Å². The maximum Gasteiger partial charge on any atom is 0.328 e. The SMILES string of the molecule is CCCCC#C/C=C/C=C/C(=O)O. The largest absolute Gasteiger partial charge is 0.478 e. The Morgan fingerprint density at radius 2 is 2.23 bits per heavy atom. The standard InChI is InChI=1S/C11H14O2/c1-2-3-4-5-6-7-8-9-10-11(12)13/h7-10H,2-4H2,1H3,(H,12,13)/b8-7+,10-9+. The van der Waals surface area contributed by atoms with E-state index in [4.69, 9.17) is 5.11 Å². The molecule has 0 saturated heterocycles. The Morgan fingerprint density at radius 3 is 2.85 bits per heavy atom. The van der Waals surface area contributed by atoms with Gasteiger partial charge in [0, 0.05) is 12.5 Å². The number of unbranched alkanes of at least 4 members (excludes halogenated alkanes) is 2. The highest BCUT2D eigenvalue weighted by molar-refractivity contribution is 5.80. The van der Waals surface area contributed by atoms with Crippen molar-refractivity contribution >= 4 is 5.97 Å². The minimum Gasteiger partial charge on any atom is -0.478 e. The topological polar surface area (TPSA) is 37.3 Å². The Labute approximate surface area is 79.0 Å². The van der Waals surface area contributed by atoms with Crippen LogP contribution in [0.2, 0.25) is 0 Å². The zero-order valence-electron chi connectivity index (χ0n) is 7.79. The highest BCUT2D eigenvalue weighted by atomic mass is 16.4. The van der Waals surface area contributed by atoms with Crippen LogP contribution >= 0.6 is 0 Å². The number of carboxylic acids is 1. The van der Waals surface area contributed by atoms with Crippen LogP contribution in [0.3, 0.4) is 0 Å². The molecule has 0 radical (unpaired) electrons. The highest BCUT2D eigenvalue weighted by Gasteiger charge is 1.79. The molecule has 0 rings (SSSR count). The molecule has 0 heterocycles. The van der Waals surface area contributed by atoms with Crippen molar-refractivity contribution in [2.45, 2.75) is 26.2 Å². The van der Waals surface area contributed by atoms with E-state index in [1.165, 1.54) is 6.08 Å². The molecule has 0 aromatic carbocycles. The fourth-order valence-corrected chi connectivity index (χ4v) is 0.638. The lowest BCUT2D eigenvalue weighted by molar-refractivity contribution is -0.131. The van der Waals surface area contributed by atoms with E-state index in [1.54, 1.807) is 12.2 Å². The molecule has 0 unspecified atom stereocenters. The van der Waals surface area contributed by atoms with Crippen LogP contribution in [-0.4, -0.2) is 11.1 Å². The van der Waals surface area contributed by atoms with E-state index < -0.39 is 5.97 Å². The van der Waals surface area contributed by atoms with Crippen molar-refractivity contribution in [1.82, 2.24) is 0 Å². The predicted molar refractivity (Wildman–Crippen MR) is 53.2 cm³/mol. The number of hydrogen-bond donors (Lipinski definition) is 1. The fourth-order valence-electron chi connectivity index (χ4n) is 0.638. The molecular formula is C11H14O2. The molecule has 2 nitrogen and oxygen atoms in total. The van der Waals surface area contributed by atoms with E-state index in [0.717, 1.165) is 25.3 Å². The molecular weight excluding hydrogens is 164 g/mol. The summed E-state index contributed by atoms with van der Waals surface area (Å²) in [5.41, 5.74) is 0. The summed E-state index contributed by atoms with van der Waals surface area (Å²) in [4.78, 5) is 10.0. The summed E-state index contributed by atoms with van der Waals surface area (Å²) in [5, 5.41) is 8.23. The Hall–Kier alpha value is -1.49. The Bertz CT molecular complexity index is 251. The quantitative estimate of drug-likeness (QED) is 0.310. The van der Waals surface area contributed by atoms with E-state index in [-0.39, 0.29) is 0 Å². The lowest BCUT2D eigenvalue weighted by Crippen LogP contribution is -1.84. The number of hydrogen-bond acceptors (Lipinski definition) is 1. The molecule has 0 fully saturated rings. The highest BCUT2D eigenvalue weighted by Crippen LogP contribution is 1.90. The van der Waals surface area contributed by atoms with Gasteiger partial charge in [0.25, 0.3) is 0 Å². The summed E-state index contributed by atoms with van der Waals surface area (Å²) in [6.07, 6.45) is 8.97. The first kappa shape index (κ1) is 11.5. The van der Waals surface area contributed by atoms with Crippen LogP contribution in [0.25, 0.3) is 0 Å². The summed E-state index contributed by atoms with van der Waals surface area (Å²) in [6, 6.07) is 0. The van der Waals surface area contributed by atoms with Crippen molar-refractivity contribution in [3.05, 3.63) is 24.3 Å². The van der Waals surface area contributed by atoms with Gasteiger partial charge in [-0.25, -0.2) is 4.79 Å².